The average molecular weight is 240 g/mol. The van der Waals surface area contributed by atoms with Gasteiger partial charge in [-0.2, -0.15) is 5.26 Å². The Hall–Kier alpha value is -2.54. The molecule has 1 heterocycles. The van der Waals surface area contributed by atoms with Crippen LogP contribution in [0, 0.1) is 25.2 Å². The second-order valence-electron chi connectivity index (χ2n) is 3.93. The molecule has 2 aromatic rings. The molecule has 0 saturated heterocycles. The Morgan fingerprint density at radius 3 is 2.50 bits per heavy atom. The molecular weight excluding hydrogens is 228 g/mol. The van der Waals surface area contributed by atoms with Crippen molar-refractivity contribution in [2.75, 3.05) is 0 Å². The first-order chi connectivity index (χ1) is 8.60. The molecule has 1 aromatic carbocycles. The van der Waals surface area contributed by atoms with Gasteiger partial charge in [0.2, 0.25) is 0 Å². The molecule has 0 aliphatic heterocycles. The molecule has 4 nitrogen and oxygen atoms in total. The Balaban J connectivity index is 2.40. The van der Waals surface area contributed by atoms with E-state index in [0.29, 0.717) is 22.8 Å². The molecular formula is C14H12N2O2. The minimum absolute atomic E-state index is 0.171. The molecule has 0 aliphatic carbocycles. The van der Waals surface area contributed by atoms with E-state index >= 15 is 0 Å². The highest BCUT2D eigenvalue weighted by Gasteiger charge is 2.10. The second kappa shape index (κ2) is 4.76. The summed E-state index contributed by atoms with van der Waals surface area (Å²) in [7, 11) is 0. The number of phenolic OH excluding ortho intramolecular Hbond substituents is 1. The van der Waals surface area contributed by atoms with E-state index in [9.17, 15) is 5.11 Å². The highest BCUT2D eigenvalue weighted by Crippen LogP contribution is 2.28. The van der Waals surface area contributed by atoms with Gasteiger partial charge in [-0.1, -0.05) is 0 Å². The molecule has 1 aromatic heterocycles. The summed E-state index contributed by atoms with van der Waals surface area (Å²) in [6, 6.07) is 10.1. The Morgan fingerprint density at radius 1 is 1.22 bits per heavy atom. The first-order valence-corrected chi connectivity index (χ1v) is 5.45. The maximum Gasteiger partial charge on any atom is 0.148 e. The van der Waals surface area contributed by atoms with E-state index in [1.54, 1.807) is 25.1 Å². The first kappa shape index (κ1) is 11.9. The summed E-state index contributed by atoms with van der Waals surface area (Å²) in [6.07, 6.45) is 0. The summed E-state index contributed by atoms with van der Waals surface area (Å²) < 4.78 is 5.64. The molecule has 0 bridgehead atoms. The third kappa shape index (κ3) is 2.41. The summed E-state index contributed by atoms with van der Waals surface area (Å²) in [4.78, 5) is 4.22. The fourth-order valence-electron chi connectivity index (χ4n) is 1.65. The van der Waals surface area contributed by atoms with Crippen LogP contribution < -0.4 is 4.74 Å². The molecule has 2 rings (SSSR count). The molecule has 0 spiro atoms. The highest BCUT2D eigenvalue weighted by atomic mass is 16.5. The minimum Gasteiger partial charge on any atom is -0.508 e. The fraction of sp³-hybridized carbons (Fsp3) is 0.143. The van der Waals surface area contributed by atoms with Gasteiger partial charge in [0.25, 0.3) is 0 Å². The van der Waals surface area contributed by atoms with Gasteiger partial charge in [-0.15, -0.1) is 0 Å². The normalized spacial score (nSPS) is 9.83. The number of phenols is 1. The topological polar surface area (TPSA) is 66.1 Å². The number of ether oxygens (including phenoxy) is 1. The van der Waals surface area contributed by atoms with Crippen molar-refractivity contribution in [2.24, 2.45) is 0 Å². The SMILES string of the molecule is Cc1cc(Oc2ccc(O)cc2)c(C#N)c(C)n1. The lowest BCUT2D eigenvalue weighted by atomic mass is 10.2. The van der Waals surface area contributed by atoms with Gasteiger partial charge in [-0.3, -0.25) is 4.98 Å². The van der Waals surface area contributed by atoms with E-state index in [1.807, 2.05) is 6.92 Å². The zero-order valence-electron chi connectivity index (χ0n) is 10.1. The number of aromatic nitrogens is 1. The zero-order valence-corrected chi connectivity index (χ0v) is 10.1. The van der Waals surface area contributed by atoms with Gasteiger partial charge in [-0.25, -0.2) is 0 Å². The summed E-state index contributed by atoms with van der Waals surface area (Å²) >= 11 is 0. The maximum atomic E-state index is 9.19. The monoisotopic (exact) mass is 240 g/mol. The number of nitriles is 1. The van der Waals surface area contributed by atoms with E-state index < -0.39 is 0 Å². The van der Waals surface area contributed by atoms with Gasteiger partial charge in [0.1, 0.15) is 28.9 Å². The number of benzene rings is 1. The van der Waals surface area contributed by atoms with Crippen LogP contribution in [-0.2, 0) is 0 Å². The van der Waals surface area contributed by atoms with Gasteiger partial charge < -0.3 is 9.84 Å². The molecule has 0 fully saturated rings. The quantitative estimate of drug-likeness (QED) is 0.876. The van der Waals surface area contributed by atoms with Crippen molar-refractivity contribution in [3.63, 3.8) is 0 Å². The molecule has 0 aliphatic rings. The fourth-order valence-corrected chi connectivity index (χ4v) is 1.65. The molecule has 0 radical (unpaired) electrons. The van der Waals surface area contributed by atoms with Crippen molar-refractivity contribution in [1.29, 1.82) is 5.26 Å². The van der Waals surface area contributed by atoms with Crippen molar-refractivity contribution >= 4 is 0 Å². The molecule has 0 saturated carbocycles. The van der Waals surface area contributed by atoms with Crippen LogP contribution in [0.2, 0.25) is 0 Å². The Morgan fingerprint density at radius 2 is 1.89 bits per heavy atom. The molecule has 0 amide bonds. The van der Waals surface area contributed by atoms with Crippen LogP contribution in [0.4, 0.5) is 0 Å². The number of aryl methyl sites for hydroxylation is 2. The third-order valence-electron chi connectivity index (χ3n) is 2.47. The maximum absolute atomic E-state index is 9.19. The van der Waals surface area contributed by atoms with E-state index in [4.69, 9.17) is 10.00 Å². The third-order valence-corrected chi connectivity index (χ3v) is 2.47. The molecule has 18 heavy (non-hydrogen) atoms. The van der Waals surface area contributed by atoms with Crippen molar-refractivity contribution < 1.29 is 9.84 Å². The summed E-state index contributed by atoms with van der Waals surface area (Å²) in [5, 5.41) is 18.3. The lowest BCUT2D eigenvalue weighted by Gasteiger charge is -2.09. The average Bonchev–Trinajstić information content (AvgIpc) is 2.32. The number of hydrogen-bond acceptors (Lipinski definition) is 4. The van der Waals surface area contributed by atoms with Gasteiger partial charge in [0.05, 0.1) is 5.69 Å². The molecule has 1 N–H and O–H groups in total. The van der Waals surface area contributed by atoms with Crippen molar-refractivity contribution in [1.82, 2.24) is 4.98 Å². The number of hydrogen-bond donors (Lipinski definition) is 1. The second-order valence-corrected chi connectivity index (χ2v) is 3.93. The van der Waals surface area contributed by atoms with Gasteiger partial charge in [0, 0.05) is 11.8 Å². The van der Waals surface area contributed by atoms with Crippen LogP contribution in [0.25, 0.3) is 0 Å². The van der Waals surface area contributed by atoms with Crippen LogP contribution in [0.15, 0.2) is 30.3 Å². The minimum atomic E-state index is 0.171. The largest absolute Gasteiger partial charge is 0.508 e. The Kier molecular flexibility index (Phi) is 3.16. The molecule has 0 atom stereocenters. The van der Waals surface area contributed by atoms with Gasteiger partial charge in [-0.05, 0) is 38.1 Å². The predicted molar refractivity (Wildman–Crippen MR) is 66.6 cm³/mol. The van der Waals surface area contributed by atoms with Gasteiger partial charge >= 0.3 is 0 Å². The predicted octanol–water partition coefficient (Wildman–Crippen LogP) is 3.07. The van der Waals surface area contributed by atoms with Crippen LogP contribution in [-0.4, -0.2) is 10.1 Å². The molecule has 4 heteroatoms. The first-order valence-electron chi connectivity index (χ1n) is 5.45. The standard InChI is InChI=1S/C14H12N2O2/c1-9-7-14(13(8-15)10(2)16-9)18-12-5-3-11(17)4-6-12/h3-7,17H,1-2H3. The van der Waals surface area contributed by atoms with Gasteiger partial charge in [0.15, 0.2) is 0 Å². The van der Waals surface area contributed by atoms with E-state index in [2.05, 4.69) is 11.1 Å². The Bertz CT molecular complexity index is 613. The van der Waals surface area contributed by atoms with Crippen molar-refractivity contribution in [3.05, 3.63) is 47.3 Å². The molecule has 90 valence electrons. The van der Waals surface area contributed by atoms with Crippen LogP contribution in [0.1, 0.15) is 17.0 Å². The van der Waals surface area contributed by atoms with E-state index in [0.717, 1.165) is 5.69 Å². The number of nitrogens with zero attached hydrogens (tertiary/aromatic N) is 2. The smallest absolute Gasteiger partial charge is 0.148 e. The Labute approximate surface area is 105 Å². The lowest BCUT2D eigenvalue weighted by molar-refractivity contribution is 0.463. The van der Waals surface area contributed by atoms with Crippen LogP contribution >= 0.6 is 0 Å². The van der Waals surface area contributed by atoms with Crippen LogP contribution in [0.5, 0.6) is 17.2 Å². The number of rotatable bonds is 2. The summed E-state index contributed by atoms with van der Waals surface area (Å²) in [5.74, 6) is 1.22. The van der Waals surface area contributed by atoms with Crippen molar-refractivity contribution in [2.45, 2.75) is 13.8 Å². The summed E-state index contributed by atoms with van der Waals surface area (Å²) in [5.41, 5.74) is 1.86. The number of pyridine rings is 1. The van der Waals surface area contributed by atoms with E-state index in [1.165, 1.54) is 12.1 Å². The van der Waals surface area contributed by atoms with Crippen molar-refractivity contribution in [3.8, 4) is 23.3 Å². The zero-order chi connectivity index (χ0) is 13.1. The summed E-state index contributed by atoms with van der Waals surface area (Å²) in [6.45, 7) is 3.62. The van der Waals surface area contributed by atoms with E-state index in [-0.39, 0.29) is 5.75 Å². The van der Waals surface area contributed by atoms with Crippen LogP contribution in [0.3, 0.4) is 0 Å². The number of aromatic hydroxyl groups is 1. The lowest BCUT2D eigenvalue weighted by Crippen LogP contribution is -1.96. The highest BCUT2D eigenvalue weighted by molar-refractivity contribution is 5.48. The molecule has 0 unspecified atom stereocenters.